The number of aromatic nitrogens is 1. The number of pyridine rings is 1. The Balaban J connectivity index is 1.61. The molecule has 3 heterocycles. The second-order valence-corrected chi connectivity index (χ2v) is 11.5. The fourth-order valence-electron chi connectivity index (χ4n) is 4.36. The molecule has 0 radical (unpaired) electrons. The molecule has 2 aromatic carbocycles. The highest BCUT2D eigenvalue weighted by Crippen LogP contribution is 2.44. The smallest absolute Gasteiger partial charge is 0.229 e. The summed E-state index contributed by atoms with van der Waals surface area (Å²) in [5.74, 6) is 1.59. The molecule has 196 valence electrons. The summed E-state index contributed by atoms with van der Waals surface area (Å²) < 4.78 is 38.2. The van der Waals surface area contributed by atoms with Crippen molar-refractivity contribution < 1.29 is 17.6 Å². The molecule has 0 spiro atoms. The number of sulfonamides is 1. The van der Waals surface area contributed by atoms with Gasteiger partial charge in [0.05, 0.1) is 40.8 Å². The van der Waals surface area contributed by atoms with Gasteiger partial charge in [-0.3, -0.25) is 9.71 Å². The van der Waals surface area contributed by atoms with Gasteiger partial charge in [0.15, 0.2) is 5.11 Å². The number of methoxy groups -OCH3 is 1. The molecular formula is C26H22Cl2N4O4S2. The van der Waals surface area contributed by atoms with Crippen LogP contribution >= 0.6 is 35.4 Å². The van der Waals surface area contributed by atoms with Crippen molar-refractivity contribution in [1.29, 1.82) is 0 Å². The summed E-state index contributed by atoms with van der Waals surface area (Å²) in [6, 6.07) is 19.0. The Morgan fingerprint density at radius 3 is 2.58 bits per heavy atom. The molecule has 1 saturated heterocycles. The van der Waals surface area contributed by atoms with E-state index in [1.165, 1.54) is 7.11 Å². The van der Waals surface area contributed by atoms with E-state index in [4.69, 9.17) is 44.6 Å². The molecule has 0 unspecified atom stereocenters. The van der Waals surface area contributed by atoms with E-state index < -0.39 is 16.1 Å². The largest absolute Gasteiger partial charge is 0.495 e. The zero-order valence-electron chi connectivity index (χ0n) is 20.2. The van der Waals surface area contributed by atoms with Crippen LogP contribution in [0.5, 0.6) is 5.75 Å². The van der Waals surface area contributed by atoms with Gasteiger partial charge >= 0.3 is 0 Å². The van der Waals surface area contributed by atoms with Crippen LogP contribution in [-0.4, -0.2) is 31.9 Å². The maximum absolute atomic E-state index is 12.0. The minimum atomic E-state index is -3.56. The van der Waals surface area contributed by atoms with Crippen molar-refractivity contribution in [3.05, 3.63) is 94.4 Å². The minimum Gasteiger partial charge on any atom is -0.495 e. The Kier molecular flexibility index (Phi) is 7.23. The standard InChI is InChI=1S/C26H22Cl2N4O4S2/c1-35-22-9-7-16(14-20(22)31-38(2,33)34)32-25(24(30-26(32)37)19-5-3-4-12-29-19)23-11-10-21(36-23)15-6-8-17(27)18(28)13-15/h3-14,24-25,31H,1-2H3,(H,30,37)/t24-,25-/m0/s1. The van der Waals surface area contributed by atoms with Gasteiger partial charge in [-0.05, 0) is 72.9 Å². The normalized spacial score (nSPS) is 17.4. The molecule has 1 aliphatic rings. The van der Waals surface area contributed by atoms with Crippen LogP contribution in [0.4, 0.5) is 11.4 Å². The Labute approximate surface area is 235 Å². The number of nitrogens with zero attached hydrogens (tertiary/aromatic N) is 2. The Morgan fingerprint density at radius 1 is 1.08 bits per heavy atom. The van der Waals surface area contributed by atoms with Gasteiger partial charge in [-0.15, -0.1) is 0 Å². The van der Waals surface area contributed by atoms with Crippen LogP contribution in [0.25, 0.3) is 11.3 Å². The van der Waals surface area contributed by atoms with Crippen molar-refractivity contribution in [2.45, 2.75) is 12.1 Å². The molecule has 2 N–H and O–H groups in total. The van der Waals surface area contributed by atoms with Crippen LogP contribution in [0.2, 0.25) is 10.0 Å². The maximum atomic E-state index is 12.0. The second kappa shape index (κ2) is 10.5. The molecule has 1 fully saturated rings. The van der Waals surface area contributed by atoms with Crippen LogP contribution in [0.15, 0.2) is 77.3 Å². The van der Waals surface area contributed by atoms with E-state index in [2.05, 4.69) is 15.0 Å². The molecule has 0 saturated carbocycles. The average molecular weight is 590 g/mol. The molecule has 8 nitrogen and oxygen atoms in total. The monoisotopic (exact) mass is 588 g/mol. The van der Waals surface area contributed by atoms with Crippen molar-refractivity contribution in [3.63, 3.8) is 0 Å². The molecule has 4 aromatic rings. The highest BCUT2D eigenvalue weighted by atomic mass is 35.5. The number of hydrogen-bond acceptors (Lipinski definition) is 6. The lowest BCUT2D eigenvalue weighted by Crippen LogP contribution is -2.29. The predicted molar refractivity (Wildman–Crippen MR) is 154 cm³/mol. The SMILES string of the molecule is COc1ccc(N2C(=S)N[C@@H](c3ccccn3)[C@@H]2c2ccc(-c3ccc(Cl)c(Cl)c3)o2)cc1NS(C)(=O)=O. The van der Waals surface area contributed by atoms with Crippen molar-refractivity contribution in [1.82, 2.24) is 10.3 Å². The van der Waals surface area contributed by atoms with E-state index >= 15 is 0 Å². The van der Waals surface area contributed by atoms with Crippen molar-refractivity contribution >= 4 is 61.9 Å². The number of ether oxygens (including phenoxy) is 1. The summed E-state index contributed by atoms with van der Waals surface area (Å²) in [7, 11) is -2.09. The Morgan fingerprint density at radius 2 is 1.89 bits per heavy atom. The summed E-state index contributed by atoms with van der Waals surface area (Å²) in [4.78, 5) is 6.42. The lowest BCUT2D eigenvalue weighted by atomic mass is 10.0. The highest BCUT2D eigenvalue weighted by molar-refractivity contribution is 7.92. The number of benzene rings is 2. The van der Waals surface area contributed by atoms with E-state index in [0.717, 1.165) is 17.5 Å². The summed E-state index contributed by atoms with van der Waals surface area (Å²) in [5.41, 5.74) is 2.44. The summed E-state index contributed by atoms with van der Waals surface area (Å²) in [6.45, 7) is 0. The quantitative estimate of drug-likeness (QED) is 0.246. The number of halogens is 2. The first-order valence-corrected chi connectivity index (χ1v) is 14.4. The van der Waals surface area contributed by atoms with Gasteiger partial charge < -0.3 is 19.4 Å². The van der Waals surface area contributed by atoms with Gasteiger partial charge in [0.2, 0.25) is 10.0 Å². The lowest BCUT2D eigenvalue weighted by Gasteiger charge is -2.27. The molecular weight excluding hydrogens is 567 g/mol. The number of furan rings is 1. The number of anilines is 2. The van der Waals surface area contributed by atoms with E-state index in [1.807, 2.05) is 41.3 Å². The van der Waals surface area contributed by atoms with E-state index in [-0.39, 0.29) is 11.7 Å². The molecule has 38 heavy (non-hydrogen) atoms. The third-order valence-electron chi connectivity index (χ3n) is 5.98. The third kappa shape index (κ3) is 5.30. The fraction of sp³-hybridized carbons (Fsp3) is 0.154. The molecule has 2 aromatic heterocycles. The zero-order valence-corrected chi connectivity index (χ0v) is 23.3. The third-order valence-corrected chi connectivity index (χ3v) is 7.62. The predicted octanol–water partition coefficient (Wildman–Crippen LogP) is 6.21. The van der Waals surface area contributed by atoms with Crippen LogP contribution in [0.3, 0.4) is 0 Å². The van der Waals surface area contributed by atoms with E-state index in [1.54, 1.807) is 36.5 Å². The van der Waals surface area contributed by atoms with Gasteiger partial charge in [-0.2, -0.15) is 0 Å². The summed E-state index contributed by atoms with van der Waals surface area (Å²) in [6.07, 6.45) is 2.79. The molecule has 12 heteroatoms. The van der Waals surface area contributed by atoms with Crippen molar-refractivity contribution in [2.75, 3.05) is 23.0 Å². The van der Waals surface area contributed by atoms with Crippen LogP contribution in [0, 0.1) is 0 Å². The Hall–Kier alpha value is -3.31. The van der Waals surface area contributed by atoms with Gasteiger partial charge in [0, 0.05) is 17.4 Å². The summed E-state index contributed by atoms with van der Waals surface area (Å²) in [5, 5.41) is 4.65. The number of rotatable bonds is 7. The van der Waals surface area contributed by atoms with Gasteiger partial charge in [0.1, 0.15) is 23.3 Å². The number of nitrogens with one attached hydrogen (secondary N) is 2. The second-order valence-electron chi connectivity index (χ2n) is 8.59. The first kappa shape index (κ1) is 26.3. The molecule has 5 rings (SSSR count). The number of hydrogen-bond donors (Lipinski definition) is 2. The van der Waals surface area contributed by atoms with E-state index in [9.17, 15) is 8.42 Å². The Bertz CT molecular complexity index is 1610. The average Bonchev–Trinajstić information content (AvgIpc) is 3.50. The first-order chi connectivity index (χ1) is 18.1. The van der Waals surface area contributed by atoms with Gasteiger partial charge in [-0.1, -0.05) is 29.3 Å². The van der Waals surface area contributed by atoms with Gasteiger partial charge in [0.25, 0.3) is 0 Å². The number of thiocarbonyl (C=S) groups is 1. The fourth-order valence-corrected chi connectivity index (χ4v) is 5.57. The van der Waals surface area contributed by atoms with Crippen molar-refractivity contribution in [2.24, 2.45) is 0 Å². The highest BCUT2D eigenvalue weighted by Gasteiger charge is 2.42. The van der Waals surface area contributed by atoms with Crippen molar-refractivity contribution in [3.8, 4) is 17.1 Å². The maximum Gasteiger partial charge on any atom is 0.229 e. The van der Waals surface area contributed by atoms with E-state index in [0.29, 0.717) is 38.1 Å². The molecule has 1 aliphatic heterocycles. The topological polar surface area (TPSA) is 96.7 Å². The lowest BCUT2D eigenvalue weighted by molar-refractivity contribution is 0.416. The molecule has 2 atom stereocenters. The molecule has 0 aliphatic carbocycles. The first-order valence-electron chi connectivity index (χ1n) is 11.4. The summed E-state index contributed by atoms with van der Waals surface area (Å²) >= 11 is 18.1. The molecule has 0 bridgehead atoms. The van der Waals surface area contributed by atoms with Crippen LogP contribution in [-0.2, 0) is 10.0 Å². The van der Waals surface area contributed by atoms with Crippen LogP contribution in [0.1, 0.15) is 23.5 Å². The minimum absolute atomic E-state index is 0.284. The molecule has 0 amide bonds. The zero-order chi connectivity index (χ0) is 27.0. The van der Waals surface area contributed by atoms with Gasteiger partial charge in [-0.25, -0.2) is 8.42 Å². The van der Waals surface area contributed by atoms with Crippen LogP contribution < -0.4 is 19.7 Å².